The Bertz CT molecular complexity index is 560. The van der Waals surface area contributed by atoms with Crippen LogP contribution >= 0.6 is 23.2 Å². The molecule has 21 heavy (non-hydrogen) atoms. The van der Waals surface area contributed by atoms with Crippen LogP contribution in [0.25, 0.3) is 0 Å². The molecular weight excluding hydrogens is 305 g/mol. The molecule has 0 aromatic heterocycles. The smallest absolute Gasteiger partial charge is 0.0670 e. The summed E-state index contributed by atoms with van der Waals surface area (Å²) in [5.41, 5.74) is 0.784. The second-order valence-electron chi connectivity index (χ2n) is 7.55. The predicted octanol–water partition coefficient (Wildman–Crippen LogP) is 4.17. The summed E-state index contributed by atoms with van der Waals surface area (Å²) in [5, 5.41) is 15.9. The third-order valence-electron chi connectivity index (χ3n) is 5.70. The number of rotatable bonds is 3. The first kappa shape index (κ1) is 14.3. The number of benzene rings is 1. The van der Waals surface area contributed by atoms with Crippen LogP contribution in [0.1, 0.15) is 44.1 Å². The van der Waals surface area contributed by atoms with Gasteiger partial charge in [0.15, 0.2) is 0 Å². The second kappa shape index (κ2) is 4.86. The Morgan fingerprint density at radius 2 is 1.86 bits per heavy atom. The molecule has 2 N–H and O–H groups in total. The molecule has 4 aliphatic rings. The van der Waals surface area contributed by atoms with E-state index in [1.165, 1.54) is 19.3 Å². The van der Waals surface area contributed by atoms with Crippen molar-refractivity contribution >= 4 is 23.2 Å². The van der Waals surface area contributed by atoms with E-state index in [2.05, 4.69) is 5.32 Å². The van der Waals surface area contributed by atoms with E-state index >= 15 is 0 Å². The van der Waals surface area contributed by atoms with E-state index < -0.39 is 5.60 Å². The molecule has 2 atom stereocenters. The van der Waals surface area contributed by atoms with E-state index in [1.807, 2.05) is 12.1 Å². The number of halogens is 2. The molecule has 0 aliphatic heterocycles. The molecule has 114 valence electrons. The summed E-state index contributed by atoms with van der Waals surface area (Å²) in [4.78, 5) is 0. The molecular formula is C17H21Cl2NO. The summed E-state index contributed by atoms with van der Waals surface area (Å²) in [6.45, 7) is 0.755. The van der Waals surface area contributed by atoms with Gasteiger partial charge in [-0.25, -0.2) is 0 Å². The average molecular weight is 326 g/mol. The van der Waals surface area contributed by atoms with Crippen LogP contribution in [0, 0.1) is 11.8 Å². The predicted molar refractivity (Wildman–Crippen MR) is 85.7 cm³/mol. The highest BCUT2D eigenvalue weighted by Gasteiger charge is 2.56. The van der Waals surface area contributed by atoms with Gasteiger partial charge >= 0.3 is 0 Å². The molecule has 4 saturated carbocycles. The zero-order valence-corrected chi connectivity index (χ0v) is 13.6. The van der Waals surface area contributed by atoms with E-state index in [0.29, 0.717) is 16.9 Å². The number of aliphatic hydroxyl groups is 1. The highest BCUT2D eigenvalue weighted by Crippen LogP contribution is 2.57. The van der Waals surface area contributed by atoms with Crippen molar-refractivity contribution in [1.29, 1.82) is 0 Å². The van der Waals surface area contributed by atoms with Crippen LogP contribution in [-0.4, -0.2) is 16.2 Å². The third-order valence-corrected chi connectivity index (χ3v) is 6.29. The number of hydrogen-bond acceptors (Lipinski definition) is 2. The minimum Gasteiger partial charge on any atom is -0.390 e. The molecule has 0 spiro atoms. The van der Waals surface area contributed by atoms with Gasteiger partial charge < -0.3 is 10.4 Å². The van der Waals surface area contributed by atoms with Gasteiger partial charge in [0.05, 0.1) is 5.60 Å². The van der Waals surface area contributed by atoms with Gasteiger partial charge in [-0.15, -0.1) is 0 Å². The fraction of sp³-hybridized carbons (Fsp3) is 0.647. The van der Waals surface area contributed by atoms with Crippen LogP contribution in [0.4, 0.5) is 0 Å². The van der Waals surface area contributed by atoms with Gasteiger partial charge in [-0.3, -0.25) is 0 Å². The Labute approximate surface area is 135 Å². The molecule has 4 bridgehead atoms. The van der Waals surface area contributed by atoms with Crippen molar-refractivity contribution in [3.05, 3.63) is 33.8 Å². The monoisotopic (exact) mass is 325 g/mol. The zero-order valence-electron chi connectivity index (χ0n) is 12.0. The van der Waals surface area contributed by atoms with E-state index in [-0.39, 0.29) is 5.54 Å². The summed E-state index contributed by atoms with van der Waals surface area (Å²) >= 11 is 12.2. The van der Waals surface area contributed by atoms with Crippen molar-refractivity contribution in [2.45, 2.75) is 56.2 Å². The van der Waals surface area contributed by atoms with Crippen LogP contribution in [0.2, 0.25) is 10.0 Å². The Kier molecular flexibility index (Phi) is 3.31. The Morgan fingerprint density at radius 1 is 1.14 bits per heavy atom. The van der Waals surface area contributed by atoms with Crippen LogP contribution in [0.15, 0.2) is 18.2 Å². The van der Waals surface area contributed by atoms with Gasteiger partial charge in [0.25, 0.3) is 0 Å². The van der Waals surface area contributed by atoms with Crippen molar-refractivity contribution in [2.24, 2.45) is 11.8 Å². The van der Waals surface area contributed by atoms with Crippen molar-refractivity contribution in [3.8, 4) is 0 Å². The lowest BCUT2D eigenvalue weighted by Gasteiger charge is -2.60. The van der Waals surface area contributed by atoms with E-state index in [0.717, 1.165) is 36.4 Å². The summed E-state index contributed by atoms with van der Waals surface area (Å²) in [5.74, 6) is 1.40. The summed E-state index contributed by atoms with van der Waals surface area (Å²) in [6, 6.07) is 5.68. The van der Waals surface area contributed by atoms with Crippen molar-refractivity contribution < 1.29 is 5.11 Å². The summed E-state index contributed by atoms with van der Waals surface area (Å²) in [6.07, 6.45) is 6.64. The summed E-state index contributed by atoms with van der Waals surface area (Å²) < 4.78 is 0. The van der Waals surface area contributed by atoms with Crippen molar-refractivity contribution in [1.82, 2.24) is 5.32 Å². The third kappa shape index (κ3) is 2.61. The lowest BCUT2D eigenvalue weighted by atomic mass is 9.51. The van der Waals surface area contributed by atoms with Gasteiger partial charge in [-0.1, -0.05) is 29.3 Å². The standard InChI is InChI=1S/C17H21Cl2NO/c18-14-2-1-13(15(19)4-14)9-20-16-5-11-3-12(6-16)8-17(21,7-11)10-16/h1-2,4,11-12,20-21H,3,5-10H2. The SMILES string of the molecule is OC12CC3CC(C1)CC(NCc1ccc(Cl)cc1Cl)(C3)C2. The largest absolute Gasteiger partial charge is 0.390 e. The quantitative estimate of drug-likeness (QED) is 0.874. The molecule has 1 aromatic rings. The maximum atomic E-state index is 10.8. The highest BCUT2D eigenvalue weighted by molar-refractivity contribution is 6.35. The maximum absolute atomic E-state index is 10.8. The van der Waals surface area contributed by atoms with Gasteiger partial charge in [-0.05, 0) is 68.1 Å². The zero-order chi connectivity index (χ0) is 14.7. The lowest BCUT2D eigenvalue weighted by Crippen LogP contribution is -2.64. The number of hydrogen-bond donors (Lipinski definition) is 2. The van der Waals surface area contributed by atoms with Crippen LogP contribution in [0.5, 0.6) is 0 Å². The minimum absolute atomic E-state index is 0.113. The first-order chi connectivity index (χ1) is 9.95. The molecule has 0 heterocycles. The fourth-order valence-electron chi connectivity index (χ4n) is 5.37. The van der Waals surface area contributed by atoms with Crippen LogP contribution in [0.3, 0.4) is 0 Å². The van der Waals surface area contributed by atoms with E-state index in [4.69, 9.17) is 23.2 Å². The molecule has 0 amide bonds. The van der Waals surface area contributed by atoms with Crippen LogP contribution in [-0.2, 0) is 6.54 Å². The number of nitrogens with one attached hydrogen (secondary N) is 1. The maximum Gasteiger partial charge on any atom is 0.0670 e. The minimum atomic E-state index is -0.416. The Hall–Kier alpha value is -0.280. The first-order valence-corrected chi connectivity index (χ1v) is 8.62. The van der Waals surface area contributed by atoms with E-state index in [1.54, 1.807) is 6.07 Å². The molecule has 5 rings (SSSR count). The average Bonchev–Trinajstić information content (AvgIpc) is 2.34. The topological polar surface area (TPSA) is 32.3 Å². The molecule has 2 nitrogen and oxygen atoms in total. The molecule has 4 aliphatic carbocycles. The van der Waals surface area contributed by atoms with Gasteiger partial charge in [0.2, 0.25) is 0 Å². The fourth-order valence-corrected chi connectivity index (χ4v) is 5.84. The Morgan fingerprint density at radius 3 is 2.48 bits per heavy atom. The molecule has 1 aromatic carbocycles. The lowest BCUT2D eigenvalue weighted by molar-refractivity contribution is -0.142. The van der Waals surface area contributed by atoms with Gasteiger partial charge in [0.1, 0.15) is 0 Å². The summed E-state index contributed by atoms with van der Waals surface area (Å²) in [7, 11) is 0. The molecule has 0 radical (unpaired) electrons. The van der Waals surface area contributed by atoms with Gasteiger partial charge in [-0.2, -0.15) is 0 Å². The van der Waals surface area contributed by atoms with Gasteiger partial charge in [0, 0.05) is 22.1 Å². The van der Waals surface area contributed by atoms with Crippen molar-refractivity contribution in [2.75, 3.05) is 0 Å². The molecule has 2 unspecified atom stereocenters. The molecule has 0 saturated heterocycles. The van der Waals surface area contributed by atoms with Crippen LogP contribution < -0.4 is 5.32 Å². The second-order valence-corrected chi connectivity index (χ2v) is 8.40. The Balaban J connectivity index is 1.52. The van der Waals surface area contributed by atoms with E-state index in [9.17, 15) is 5.11 Å². The first-order valence-electron chi connectivity index (χ1n) is 7.87. The van der Waals surface area contributed by atoms with Crippen molar-refractivity contribution in [3.63, 3.8) is 0 Å². The highest BCUT2D eigenvalue weighted by atomic mass is 35.5. The molecule has 4 fully saturated rings. The normalized spacial score (nSPS) is 40.7. The molecule has 4 heteroatoms.